The van der Waals surface area contributed by atoms with Crippen molar-refractivity contribution in [3.05, 3.63) is 28.7 Å². The zero-order valence-electron chi connectivity index (χ0n) is 10.6. The Balaban J connectivity index is 1.91. The monoisotopic (exact) mass is 276 g/mol. The lowest BCUT2D eigenvalue weighted by Crippen LogP contribution is -2.27. The lowest BCUT2D eigenvalue weighted by molar-refractivity contribution is -0.111. The smallest absolute Gasteiger partial charge is 0.254 e. The molecule has 0 unspecified atom stereocenters. The number of amides is 2. The minimum absolute atomic E-state index is 0.0405. The van der Waals surface area contributed by atoms with Gasteiger partial charge in [0.2, 0.25) is 5.91 Å². The van der Waals surface area contributed by atoms with E-state index in [1.54, 1.807) is 0 Å². The molecular weight excluding hydrogens is 260 g/mol. The molecule has 0 atom stereocenters. The van der Waals surface area contributed by atoms with E-state index in [2.05, 4.69) is 17.2 Å². The molecule has 19 heavy (non-hydrogen) atoms. The molecule has 2 N–H and O–H groups in total. The van der Waals surface area contributed by atoms with Crippen molar-refractivity contribution in [1.82, 2.24) is 5.32 Å². The second-order valence-electron chi connectivity index (χ2n) is 5.00. The average molecular weight is 276 g/mol. The van der Waals surface area contributed by atoms with Crippen molar-refractivity contribution in [3.63, 3.8) is 0 Å². The SMILES string of the molecule is C=CC(=O)Nc1sc2c(c1C(=O)NC1CC1)CCC2. The average Bonchev–Trinajstić information content (AvgIpc) is 2.96. The maximum absolute atomic E-state index is 12.3. The van der Waals surface area contributed by atoms with Crippen molar-refractivity contribution in [2.75, 3.05) is 5.32 Å². The molecule has 0 aromatic carbocycles. The zero-order chi connectivity index (χ0) is 13.4. The van der Waals surface area contributed by atoms with Gasteiger partial charge in [-0.1, -0.05) is 6.58 Å². The lowest BCUT2D eigenvalue weighted by atomic mass is 10.1. The summed E-state index contributed by atoms with van der Waals surface area (Å²) in [6.45, 7) is 3.45. The highest BCUT2D eigenvalue weighted by molar-refractivity contribution is 7.17. The first-order chi connectivity index (χ1) is 9.19. The van der Waals surface area contributed by atoms with Crippen LogP contribution >= 0.6 is 11.3 Å². The van der Waals surface area contributed by atoms with E-state index in [1.807, 2.05) is 0 Å². The first kappa shape index (κ1) is 12.4. The molecule has 2 aliphatic rings. The number of hydrogen-bond acceptors (Lipinski definition) is 3. The van der Waals surface area contributed by atoms with Crippen LogP contribution in [-0.4, -0.2) is 17.9 Å². The third kappa shape index (κ3) is 2.42. The van der Waals surface area contributed by atoms with Crippen LogP contribution in [0.3, 0.4) is 0 Å². The van der Waals surface area contributed by atoms with E-state index in [0.717, 1.165) is 37.7 Å². The molecule has 1 heterocycles. The molecule has 2 aliphatic carbocycles. The highest BCUT2D eigenvalue weighted by Crippen LogP contribution is 2.39. The molecule has 1 aromatic rings. The van der Waals surface area contributed by atoms with Gasteiger partial charge in [-0.15, -0.1) is 11.3 Å². The van der Waals surface area contributed by atoms with E-state index in [4.69, 9.17) is 0 Å². The molecule has 1 saturated carbocycles. The molecule has 2 amide bonds. The number of nitrogens with one attached hydrogen (secondary N) is 2. The molecule has 0 saturated heterocycles. The Morgan fingerprint density at radius 3 is 2.79 bits per heavy atom. The quantitative estimate of drug-likeness (QED) is 0.829. The molecule has 3 rings (SSSR count). The summed E-state index contributed by atoms with van der Waals surface area (Å²) in [7, 11) is 0. The minimum Gasteiger partial charge on any atom is -0.349 e. The van der Waals surface area contributed by atoms with Crippen LogP contribution in [0.5, 0.6) is 0 Å². The summed E-state index contributed by atoms with van der Waals surface area (Å²) in [5.74, 6) is -0.304. The summed E-state index contributed by atoms with van der Waals surface area (Å²) in [6.07, 6.45) is 6.39. The molecule has 1 aromatic heterocycles. The maximum Gasteiger partial charge on any atom is 0.254 e. The van der Waals surface area contributed by atoms with Gasteiger partial charge in [0.25, 0.3) is 5.91 Å². The van der Waals surface area contributed by atoms with Crippen molar-refractivity contribution in [2.24, 2.45) is 0 Å². The van der Waals surface area contributed by atoms with E-state index >= 15 is 0 Å². The van der Waals surface area contributed by atoms with Crippen molar-refractivity contribution < 1.29 is 9.59 Å². The molecule has 0 bridgehead atoms. The Bertz CT molecular complexity index is 558. The Kier molecular flexibility index (Phi) is 3.14. The van der Waals surface area contributed by atoms with Crippen molar-refractivity contribution >= 4 is 28.2 Å². The normalized spacial score (nSPS) is 16.8. The van der Waals surface area contributed by atoms with Crippen LogP contribution in [0.15, 0.2) is 12.7 Å². The van der Waals surface area contributed by atoms with Gasteiger partial charge >= 0.3 is 0 Å². The van der Waals surface area contributed by atoms with Gasteiger partial charge in [-0.05, 0) is 43.7 Å². The molecule has 0 radical (unpaired) electrons. The molecule has 4 nitrogen and oxygen atoms in total. The van der Waals surface area contributed by atoms with Gasteiger partial charge in [-0.25, -0.2) is 0 Å². The highest BCUT2D eigenvalue weighted by Gasteiger charge is 2.30. The van der Waals surface area contributed by atoms with Gasteiger partial charge in [-0.2, -0.15) is 0 Å². The van der Waals surface area contributed by atoms with E-state index in [1.165, 1.54) is 22.3 Å². The third-order valence-corrected chi connectivity index (χ3v) is 4.69. The topological polar surface area (TPSA) is 58.2 Å². The summed E-state index contributed by atoms with van der Waals surface area (Å²) in [4.78, 5) is 25.0. The van der Waals surface area contributed by atoms with Gasteiger partial charge in [0.15, 0.2) is 0 Å². The summed E-state index contributed by atoms with van der Waals surface area (Å²) in [5.41, 5.74) is 1.81. The fourth-order valence-electron chi connectivity index (χ4n) is 2.38. The third-order valence-electron chi connectivity index (χ3n) is 3.48. The fourth-order valence-corrected chi connectivity index (χ4v) is 3.67. The van der Waals surface area contributed by atoms with Gasteiger partial charge in [0.1, 0.15) is 5.00 Å². The van der Waals surface area contributed by atoms with Crippen LogP contribution in [0.1, 0.15) is 40.1 Å². The molecule has 5 heteroatoms. The zero-order valence-corrected chi connectivity index (χ0v) is 11.4. The number of hydrogen-bond donors (Lipinski definition) is 2. The molecular formula is C14H16N2O2S. The molecule has 1 fully saturated rings. The highest BCUT2D eigenvalue weighted by atomic mass is 32.1. The summed E-state index contributed by atoms with van der Waals surface area (Å²) < 4.78 is 0. The van der Waals surface area contributed by atoms with Gasteiger partial charge in [0.05, 0.1) is 5.56 Å². The standard InChI is InChI=1S/C14H16N2O2S/c1-2-11(17)16-14-12(13(18)15-8-6-7-8)9-4-3-5-10(9)19-14/h2,8H,1,3-7H2,(H,15,18)(H,16,17). The minimum atomic E-state index is -0.264. The van der Waals surface area contributed by atoms with E-state index in [-0.39, 0.29) is 11.8 Å². The predicted octanol–water partition coefficient (Wildman–Crippen LogP) is 2.25. The maximum atomic E-state index is 12.3. The Hall–Kier alpha value is -1.62. The van der Waals surface area contributed by atoms with Crippen LogP contribution in [0, 0.1) is 0 Å². The lowest BCUT2D eigenvalue weighted by Gasteiger charge is -2.07. The predicted molar refractivity (Wildman–Crippen MR) is 75.7 cm³/mol. The van der Waals surface area contributed by atoms with Gasteiger partial charge in [0, 0.05) is 10.9 Å². The second kappa shape index (κ2) is 4.81. The number of carbonyl (C=O) groups excluding carboxylic acids is 2. The van der Waals surface area contributed by atoms with Crippen LogP contribution in [0.2, 0.25) is 0 Å². The van der Waals surface area contributed by atoms with E-state index in [0.29, 0.717) is 16.6 Å². The number of carbonyl (C=O) groups is 2. The number of aryl methyl sites for hydroxylation is 1. The second-order valence-corrected chi connectivity index (χ2v) is 6.11. The largest absolute Gasteiger partial charge is 0.349 e. The van der Waals surface area contributed by atoms with Crippen molar-refractivity contribution in [2.45, 2.75) is 38.1 Å². The Labute approximate surface area is 115 Å². The Morgan fingerprint density at radius 2 is 2.11 bits per heavy atom. The summed E-state index contributed by atoms with van der Waals surface area (Å²) in [5, 5.41) is 6.45. The fraction of sp³-hybridized carbons (Fsp3) is 0.429. The number of anilines is 1. The molecule has 0 spiro atoms. The first-order valence-corrected chi connectivity index (χ1v) is 7.39. The van der Waals surface area contributed by atoms with Crippen LogP contribution in [0.4, 0.5) is 5.00 Å². The van der Waals surface area contributed by atoms with Crippen molar-refractivity contribution in [3.8, 4) is 0 Å². The van der Waals surface area contributed by atoms with Crippen LogP contribution in [0.25, 0.3) is 0 Å². The van der Waals surface area contributed by atoms with Gasteiger partial charge in [-0.3, -0.25) is 9.59 Å². The Morgan fingerprint density at radius 1 is 1.32 bits per heavy atom. The first-order valence-electron chi connectivity index (χ1n) is 6.58. The summed E-state index contributed by atoms with van der Waals surface area (Å²) in [6, 6.07) is 0.326. The van der Waals surface area contributed by atoms with Crippen LogP contribution < -0.4 is 10.6 Å². The number of thiophene rings is 1. The summed E-state index contributed by atoms with van der Waals surface area (Å²) >= 11 is 1.53. The van der Waals surface area contributed by atoms with Gasteiger partial charge < -0.3 is 10.6 Å². The van der Waals surface area contributed by atoms with E-state index < -0.39 is 0 Å². The number of rotatable bonds is 4. The van der Waals surface area contributed by atoms with Crippen molar-refractivity contribution in [1.29, 1.82) is 0 Å². The van der Waals surface area contributed by atoms with Crippen LogP contribution in [-0.2, 0) is 17.6 Å². The number of fused-ring (bicyclic) bond motifs is 1. The van der Waals surface area contributed by atoms with E-state index in [9.17, 15) is 9.59 Å². The molecule has 0 aliphatic heterocycles. The molecule has 100 valence electrons.